The Hall–Kier alpha value is -2.31. The molecule has 0 radical (unpaired) electrons. The average Bonchev–Trinajstić information content (AvgIpc) is 3.27. The van der Waals surface area contributed by atoms with E-state index in [0.29, 0.717) is 32.8 Å². The molecule has 1 saturated heterocycles. The Morgan fingerprint density at radius 2 is 1.90 bits per heavy atom. The molecule has 6 heteroatoms. The molecule has 0 aliphatic carbocycles. The van der Waals surface area contributed by atoms with Crippen molar-refractivity contribution in [1.29, 1.82) is 0 Å². The van der Waals surface area contributed by atoms with E-state index in [1.165, 1.54) is 10.8 Å². The third-order valence-electron chi connectivity index (χ3n) is 5.96. The van der Waals surface area contributed by atoms with E-state index in [9.17, 15) is 9.59 Å². The number of rotatable bonds is 5. The van der Waals surface area contributed by atoms with E-state index in [1.54, 1.807) is 4.90 Å². The van der Waals surface area contributed by atoms with E-state index < -0.39 is 11.8 Å². The maximum atomic E-state index is 12.8. The molecule has 0 saturated carbocycles. The van der Waals surface area contributed by atoms with Crippen molar-refractivity contribution >= 4 is 39.9 Å². The molecule has 2 aliphatic heterocycles. The van der Waals surface area contributed by atoms with Crippen LogP contribution in [0.25, 0.3) is 16.3 Å². The number of thioether (sulfide) groups is 1. The topological polar surface area (TPSA) is 58.6 Å². The van der Waals surface area contributed by atoms with Gasteiger partial charge in [-0.3, -0.25) is 9.59 Å². The van der Waals surface area contributed by atoms with Gasteiger partial charge in [0.15, 0.2) is 0 Å². The summed E-state index contributed by atoms with van der Waals surface area (Å²) < 4.78 is 5.46. The van der Waals surface area contributed by atoms with Gasteiger partial charge in [0.25, 0.3) is 0 Å². The Balaban J connectivity index is 1.38. The molecule has 0 atom stereocenters. The highest BCUT2D eigenvalue weighted by molar-refractivity contribution is 8.00. The second kappa shape index (κ2) is 9.23. The number of nitrogens with one attached hydrogen (secondary N) is 1. The molecule has 2 heterocycles. The van der Waals surface area contributed by atoms with Gasteiger partial charge in [0.2, 0.25) is 0 Å². The Kier molecular flexibility index (Phi) is 6.44. The Morgan fingerprint density at radius 3 is 2.70 bits per heavy atom. The van der Waals surface area contributed by atoms with E-state index >= 15 is 0 Å². The van der Waals surface area contributed by atoms with Crippen LogP contribution in [-0.2, 0) is 14.3 Å². The molecular weight excluding hydrogens is 396 g/mol. The van der Waals surface area contributed by atoms with Crippen molar-refractivity contribution < 1.29 is 14.3 Å². The molecule has 1 N–H and O–H groups in total. The van der Waals surface area contributed by atoms with Crippen molar-refractivity contribution in [3.63, 3.8) is 0 Å². The van der Waals surface area contributed by atoms with Crippen LogP contribution in [0, 0.1) is 0 Å². The number of ether oxygens (including phenoxy) is 1. The molecule has 158 valence electrons. The van der Waals surface area contributed by atoms with Crippen molar-refractivity contribution in [2.24, 2.45) is 0 Å². The average molecular weight is 425 g/mol. The van der Waals surface area contributed by atoms with E-state index in [1.807, 2.05) is 30.0 Å². The summed E-state index contributed by atoms with van der Waals surface area (Å²) in [5.74, 6) is 0.0178. The minimum Gasteiger partial charge on any atom is -0.381 e. The molecule has 4 rings (SSSR count). The van der Waals surface area contributed by atoms with Gasteiger partial charge < -0.3 is 15.0 Å². The standard InChI is InChI=1S/C24H28N2O3S/c1-2-30-24(11-14-29-15-12-24)17-25-22(27)23(28)26-13-10-19(16-26)21-9-5-7-18-6-3-4-8-20(18)21/h3-10H,2,11-17H2,1H3,(H,25,27). The fraction of sp³-hybridized carbons (Fsp3) is 0.417. The zero-order chi connectivity index (χ0) is 21.0. The first-order valence-corrected chi connectivity index (χ1v) is 11.6. The highest BCUT2D eigenvalue weighted by Gasteiger charge is 2.34. The number of nitrogens with zero attached hydrogens (tertiary/aromatic N) is 1. The van der Waals surface area contributed by atoms with E-state index in [0.717, 1.165) is 29.7 Å². The van der Waals surface area contributed by atoms with Gasteiger partial charge in [-0.2, -0.15) is 11.8 Å². The highest BCUT2D eigenvalue weighted by atomic mass is 32.2. The van der Waals surface area contributed by atoms with Crippen LogP contribution in [0.15, 0.2) is 48.5 Å². The fourth-order valence-electron chi connectivity index (χ4n) is 4.29. The minimum absolute atomic E-state index is 0.0275. The molecule has 0 bridgehead atoms. The Labute approximate surface area is 181 Å². The van der Waals surface area contributed by atoms with E-state index in [4.69, 9.17) is 4.74 Å². The molecule has 30 heavy (non-hydrogen) atoms. The molecule has 1 fully saturated rings. The summed E-state index contributed by atoms with van der Waals surface area (Å²) in [5.41, 5.74) is 2.22. The van der Waals surface area contributed by atoms with Gasteiger partial charge in [-0.1, -0.05) is 55.5 Å². The van der Waals surface area contributed by atoms with Gasteiger partial charge in [-0.05, 0) is 40.5 Å². The summed E-state index contributed by atoms with van der Waals surface area (Å²) >= 11 is 1.85. The molecule has 2 aromatic rings. The summed E-state index contributed by atoms with van der Waals surface area (Å²) in [6, 6.07) is 14.4. The Morgan fingerprint density at radius 1 is 1.13 bits per heavy atom. The lowest BCUT2D eigenvalue weighted by atomic mass is 9.99. The molecule has 0 unspecified atom stereocenters. The largest absolute Gasteiger partial charge is 0.381 e. The number of amides is 2. The van der Waals surface area contributed by atoms with Gasteiger partial charge in [0, 0.05) is 37.6 Å². The zero-order valence-electron chi connectivity index (χ0n) is 17.4. The molecule has 2 aromatic carbocycles. The van der Waals surface area contributed by atoms with Gasteiger partial charge in [0.1, 0.15) is 0 Å². The quantitative estimate of drug-likeness (QED) is 0.747. The van der Waals surface area contributed by atoms with Crippen LogP contribution in [-0.4, -0.2) is 60.1 Å². The van der Waals surface area contributed by atoms with Gasteiger partial charge in [-0.15, -0.1) is 0 Å². The lowest BCUT2D eigenvalue weighted by molar-refractivity contribution is -0.145. The Bertz CT molecular complexity index is 955. The number of carbonyl (C=O) groups is 2. The van der Waals surface area contributed by atoms with Crippen LogP contribution < -0.4 is 5.32 Å². The van der Waals surface area contributed by atoms with E-state index in [-0.39, 0.29) is 4.75 Å². The summed E-state index contributed by atoms with van der Waals surface area (Å²) in [6.07, 6.45) is 3.85. The molecule has 0 spiro atoms. The zero-order valence-corrected chi connectivity index (χ0v) is 18.2. The first-order chi connectivity index (χ1) is 14.6. The minimum atomic E-state index is -0.509. The predicted molar refractivity (Wildman–Crippen MR) is 122 cm³/mol. The van der Waals surface area contributed by atoms with Crippen molar-refractivity contribution in [2.75, 3.05) is 38.6 Å². The van der Waals surface area contributed by atoms with Gasteiger partial charge >= 0.3 is 11.8 Å². The SMILES string of the molecule is CCSC1(CNC(=O)C(=O)N2CC=C(c3cccc4ccccc34)C2)CCOCC1. The summed E-state index contributed by atoms with van der Waals surface area (Å²) in [7, 11) is 0. The van der Waals surface area contributed by atoms with Crippen LogP contribution in [0.4, 0.5) is 0 Å². The highest BCUT2D eigenvalue weighted by Crippen LogP contribution is 2.35. The normalized spacial score (nSPS) is 18.3. The lowest BCUT2D eigenvalue weighted by Gasteiger charge is -2.36. The molecule has 2 amide bonds. The molecule has 5 nitrogen and oxygen atoms in total. The smallest absolute Gasteiger partial charge is 0.312 e. The third kappa shape index (κ3) is 4.40. The molecule has 2 aliphatic rings. The van der Waals surface area contributed by atoms with Crippen LogP contribution >= 0.6 is 11.8 Å². The van der Waals surface area contributed by atoms with Crippen LogP contribution in [0.5, 0.6) is 0 Å². The first kappa shape index (κ1) is 20.9. The number of fused-ring (bicyclic) bond motifs is 1. The number of benzene rings is 2. The summed E-state index contributed by atoms with van der Waals surface area (Å²) in [6.45, 7) is 4.98. The van der Waals surface area contributed by atoms with Gasteiger partial charge in [-0.25, -0.2) is 0 Å². The maximum absolute atomic E-state index is 12.8. The number of carbonyl (C=O) groups excluding carboxylic acids is 2. The first-order valence-electron chi connectivity index (χ1n) is 10.6. The van der Waals surface area contributed by atoms with Crippen molar-refractivity contribution in [1.82, 2.24) is 10.2 Å². The molecule has 0 aromatic heterocycles. The van der Waals surface area contributed by atoms with Crippen molar-refractivity contribution in [3.05, 3.63) is 54.1 Å². The fourth-order valence-corrected chi connectivity index (χ4v) is 5.53. The van der Waals surface area contributed by atoms with Crippen molar-refractivity contribution in [3.8, 4) is 0 Å². The van der Waals surface area contributed by atoms with Crippen LogP contribution in [0.2, 0.25) is 0 Å². The van der Waals surface area contributed by atoms with Crippen LogP contribution in [0.1, 0.15) is 25.3 Å². The third-order valence-corrected chi connectivity index (χ3v) is 7.42. The van der Waals surface area contributed by atoms with Crippen LogP contribution in [0.3, 0.4) is 0 Å². The monoisotopic (exact) mass is 424 g/mol. The second-order valence-corrected chi connectivity index (χ2v) is 9.58. The lowest BCUT2D eigenvalue weighted by Crippen LogP contribution is -2.49. The van der Waals surface area contributed by atoms with Crippen molar-refractivity contribution in [2.45, 2.75) is 24.5 Å². The molecular formula is C24H28N2O3S. The summed E-state index contributed by atoms with van der Waals surface area (Å²) in [4.78, 5) is 27.0. The summed E-state index contributed by atoms with van der Waals surface area (Å²) in [5, 5.41) is 5.25. The number of hydrogen-bond acceptors (Lipinski definition) is 4. The van der Waals surface area contributed by atoms with E-state index in [2.05, 4.69) is 42.6 Å². The second-order valence-electron chi connectivity index (χ2n) is 7.85. The maximum Gasteiger partial charge on any atom is 0.312 e. The predicted octanol–water partition coefficient (Wildman–Crippen LogP) is 3.48. The number of hydrogen-bond donors (Lipinski definition) is 1. The van der Waals surface area contributed by atoms with Gasteiger partial charge in [0.05, 0.1) is 0 Å².